The summed E-state index contributed by atoms with van der Waals surface area (Å²) in [7, 11) is -2.89. The van der Waals surface area contributed by atoms with E-state index in [1.807, 2.05) is 72.8 Å². The van der Waals surface area contributed by atoms with Crippen molar-refractivity contribution in [1.29, 1.82) is 5.26 Å². The van der Waals surface area contributed by atoms with E-state index in [0.29, 0.717) is 5.56 Å². The van der Waals surface area contributed by atoms with Gasteiger partial charge in [0, 0.05) is 5.56 Å². The van der Waals surface area contributed by atoms with Crippen molar-refractivity contribution >= 4 is 30.1 Å². The second-order valence-corrected chi connectivity index (χ2v) is 10.1. The van der Waals surface area contributed by atoms with Crippen LogP contribution in [0.2, 0.25) is 0 Å². The van der Waals surface area contributed by atoms with E-state index in [2.05, 4.69) is 47.6 Å². The van der Waals surface area contributed by atoms with Crippen molar-refractivity contribution in [3.63, 3.8) is 0 Å². The average molecular weight is 405 g/mol. The third kappa shape index (κ3) is 3.79. The molecule has 0 saturated carbocycles. The van der Waals surface area contributed by atoms with E-state index in [4.69, 9.17) is 4.53 Å². The highest BCUT2D eigenvalue weighted by Gasteiger charge is 2.44. The summed E-state index contributed by atoms with van der Waals surface area (Å²) < 4.78 is 6.49. The molecule has 0 fully saturated rings. The molecule has 4 heteroatoms. The number of rotatable bonds is 6. The lowest BCUT2D eigenvalue weighted by Crippen LogP contribution is -2.68. The van der Waals surface area contributed by atoms with Gasteiger partial charge < -0.3 is 4.53 Å². The van der Waals surface area contributed by atoms with Gasteiger partial charge in [-0.1, -0.05) is 109 Å². The summed E-state index contributed by atoms with van der Waals surface area (Å²) in [6.45, 7) is 0. The quantitative estimate of drug-likeness (QED) is 0.213. The summed E-state index contributed by atoms with van der Waals surface area (Å²) in [5.74, 6) is 0. The molecular formula is C26H20N2OSi. The Morgan fingerprint density at radius 3 is 1.53 bits per heavy atom. The molecule has 0 bridgehead atoms. The van der Waals surface area contributed by atoms with E-state index in [0.717, 1.165) is 21.1 Å². The molecule has 0 aromatic heterocycles. The first-order chi connectivity index (χ1) is 14.8. The molecule has 0 unspecified atom stereocenters. The molecule has 3 nitrogen and oxygen atoms in total. The van der Waals surface area contributed by atoms with E-state index >= 15 is 0 Å². The van der Waals surface area contributed by atoms with Crippen LogP contribution in [0, 0.1) is 11.3 Å². The lowest BCUT2D eigenvalue weighted by atomic mass is 10.1. The number of nitriles is 1. The van der Waals surface area contributed by atoms with Crippen molar-refractivity contribution in [2.45, 2.75) is 0 Å². The van der Waals surface area contributed by atoms with Crippen LogP contribution >= 0.6 is 0 Å². The van der Waals surface area contributed by atoms with Gasteiger partial charge in [-0.15, -0.1) is 5.16 Å². The smallest absolute Gasteiger partial charge is 0.380 e. The summed E-state index contributed by atoms with van der Waals surface area (Å²) >= 11 is 0. The minimum absolute atomic E-state index is 0.566. The van der Waals surface area contributed by atoms with Crippen LogP contribution in [0.25, 0.3) is 0 Å². The van der Waals surface area contributed by atoms with Crippen molar-refractivity contribution in [1.82, 2.24) is 0 Å². The summed E-state index contributed by atoms with van der Waals surface area (Å²) in [5, 5.41) is 17.1. The monoisotopic (exact) mass is 404 g/mol. The zero-order chi connectivity index (χ0) is 20.7. The second kappa shape index (κ2) is 9.04. The Bertz CT molecular complexity index is 1070. The van der Waals surface area contributed by atoms with Crippen LogP contribution in [0.4, 0.5) is 0 Å². The molecule has 0 amide bonds. The average Bonchev–Trinajstić information content (AvgIpc) is 2.84. The predicted molar refractivity (Wildman–Crippen MR) is 124 cm³/mol. The van der Waals surface area contributed by atoms with Crippen molar-refractivity contribution in [2.75, 3.05) is 0 Å². The number of hydrogen-bond donors (Lipinski definition) is 0. The number of nitrogens with zero attached hydrogens (tertiary/aromatic N) is 2. The molecular weight excluding hydrogens is 384 g/mol. The molecule has 4 rings (SSSR count). The van der Waals surface area contributed by atoms with E-state index in [1.165, 1.54) is 0 Å². The molecule has 144 valence electrons. The zero-order valence-corrected chi connectivity index (χ0v) is 17.3. The van der Waals surface area contributed by atoms with Gasteiger partial charge in [0.1, 0.15) is 0 Å². The van der Waals surface area contributed by atoms with Gasteiger partial charge >= 0.3 is 8.32 Å². The van der Waals surface area contributed by atoms with E-state index < -0.39 is 8.32 Å². The fourth-order valence-electron chi connectivity index (χ4n) is 3.55. The molecule has 4 aromatic rings. The summed E-state index contributed by atoms with van der Waals surface area (Å²) in [5.41, 5.74) is 1.30. The van der Waals surface area contributed by atoms with Crippen molar-refractivity contribution in [2.24, 2.45) is 5.16 Å². The second-order valence-electron chi connectivity index (χ2n) is 6.80. The summed E-state index contributed by atoms with van der Waals surface area (Å²) in [6.07, 6.45) is 1.63. The van der Waals surface area contributed by atoms with Crippen LogP contribution in [0.3, 0.4) is 0 Å². The molecule has 0 atom stereocenters. The number of benzene rings is 4. The maximum Gasteiger partial charge on any atom is 0.380 e. The fourth-order valence-corrected chi connectivity index (χ4v) is 7.06. The Balaban J connectivity index is 1.87. The van der Waals surface area contributed by atoms with Crippen LogP contribution in [0.15, 0.2) is 120 Å². The van der Waals surface area contributed by atoms with Crippen molar-refractivity contribution in [3.05, 3.63) is 126 Å². The molecule has 0 aliphatic carbocycles. The minimum atomic E-state index is -2.89. The first-order valence-electron chi connectivity index (χ1n) is 9.72. The SMILES string of the molecule is N#Cc1ccccc1/C=N/O[Si](c1ccccc1)(c1ccccc1)c1ccccc1. The minimum Gasteiger partial charge on any atom is -0.438 e. The molecule has 0 saturated heterocycles. The lowest BCUT2D eigenvalue weighted by molar-refractivity contribution is 0.351. The molecule has 30 heavy (non-hydrogen) atoms. The predicted octanol–water partition coefficient (Wildman–Crippen LogP) is 3.58. The summed E-state index contributed by atoms with van der Waals surface area (Å²) in [6, 6.07) is 40.4. The molecule has 0 N–H and O–H groups in total. The van der Waals surface area contributed by atoms with E-state index in [-0.39, 0.29) is 0 Å². The first kappa shape index (κ1) is 19.4. The summed E-state index contributed by atoms with van der Waals surface area (Å²) in [4.78, 5) is 0. The molecule has 0 heterocycles. The van der Waals surface area contributed by atoms with Crippen LogP contribution in [0.1, 0.15) is 11.1 Å². The van der Waals surface area contributed by atoms with E-state index in [9.17, 15) is 5.26 Å². The highest BCUT2D eigenvalue weighted by atomic mass is 28.4. The zero-order valence-electron chi connectivity index (χ0n) is 16.3. The van der Waals surface area contributed by atoms with Gasteiger partial charge in [-0.2, -0.15) is 5.26 Å². The Hall–Kier alpha value is -3.94. The molecule has 4 aromatic carbocycles. The van der Waals surface area contributed by atoms with Crippen molar-refractivity contribution < 1.29 is 4.53 Å². The van der Waals surface area contributed by atoms with Gasteiger partial charge in [0.05, 0.1) is 17.8 Å². The van der Waals surface area contributed by atoms with Gasteiger partial charge in [0.15, 0.2) is 0 Å². The molecule has 0 aliphatic rings. The van der Waals surface area contributed by atoms with Crippen LogP contribution in [-0.2, 0) is 4.53 Å². The highest BCUT2D eigenvalue weighted by Crippen LogP contribution is 2.11. The Kier molecular flexibility index (Phi) is 5.84. The maximum absolute atomic E-state index is 9.37. The Morgan fingerprint density at radius 1 is 0.633 bits per heavy atom. The highest BCUT2D eigenvalue weighted by molar-refractivity contribution is 7.07. The van der Waals surface area contributed by atoms with Gasteiger partial charge in [0.2, 0.25) is 0 Å². The van der Waals surface area contributed by atoms with Gasteiger partial charge in [0.25, 0.3) is 0 Å². The van der Waals surface area contributed by atoms with Gasteiger partial charge in [-0.05, 0) is 21.6 Å². The van der Waals surface area contributed by atoms with Gasteiger partial charge in [-0.3, -0.25) is 0 Å². The number of oxime groups is 1. The van der Waals surface area contributed by atoms with Crippen LogP contribution in [0.5, 0.6) is 0 Å². The molecule has 0 spiro atoms. The van der Waals surface area contributed by atoms with Crippen molar-refractivity contribution in [3.8, 4) is 6.07 Å². The first-order valence-corrected chi connectivity index (χ1v) is 11.6. The van der Waals surface area contributed by atoms with Gasteiger partial charge in [-0.25, -0.2) is 0 Å². The third-order valence-corrected chi connectivity index (χ3v) is 8.82. The Labute approximate surface area is 177 Å². The molecule has 0 radical (unpaired) electrons. The Morgan fingerprint density at radius 2 is 1.07 bits per heavy atom. The fraction of sp³-hybridized carbons (Fsp3) is 0. The largest absolute Gasteiger partial charge is 0.438 e. The topological polar surface area (TPSA) is 45.4 Å². The normalized spacial score (nSPS) is 11.2. The lowest BCUT2D eigenvalue weighted by Gasteiger charge is -2.30. The standard InChI is InChI=1S/C26H20N2OSi/c27-20-22-12-10-11-13-23(22)21-28-29-30(24-14-4-1-5-15-24,25-16-6-2-7-17-25)26-18-8-3-9-19-26/h1-19,21H/b28-21+. The maximum atomic E-state index is 9.37. The van der Waals surface area contributed by atoms with Crippen LogP contribution < -0.4 is 15.6 Å². The third-order valence-electron chi connectivity index (χ3n) is 5.00. The van der Waals surface area contributed by atoms with Crippen LogP contribution in [-0.4, -0.2) is 14.5 Å². The molecule has 0 aliphatic heterocycles. The van der Waals surface area contributed by atoms with E-state index in [1.54, 1.807) is 12.3 Å². The number of hydrogen-bond acceptors (Lipinski definition) is 3.